The summed E-state index contributed by atoms with van der Waals surface area (Å²) in [6.45, 7) is 2.08. The van der Waals surface area contributed by atoms with Crippen molar-refractivity contribution in [3.63, 3.8) is 0 Å². The molecule has 0 aliphatic carbocycles. The minimum Gasteiger partial charge on any atom is -0.353 e. The van der Waals surface area contributed by atoms with Crippen molar-refractivity contribution in [2.24, 2.45) is 0 Å². The molecule has 0 spiro atoms. The molecule has 0 unspecified atom stereocenters. The topological polar surface area (TPSA) is 3.24 Å². The highest BCUT2D eigenvalue weighted by Gasteiger charge is 2.14. The van der Waals surface area contributed by atoms with Crippen LogP contribution in [-0.4, -0.2) is 21.5 Å². The zero-order chi connectivity index (χ0) is 9.80. The summed E-state index contributed by atoms with van der Waals surface area (Å²) < 4.78 is 1.06. The number of nitrogens with zero attached hydrogens (tertiary/aromatic N) is 1. The van der Waals surface area contributed by atoms with Gasteiger partial charge in [-0.05, 0) is 12.0 Å². The minimum atomic E-state index is 0.965. The first-order valence-electron chi connectivity index (χ1n) is 4.82. The van der Waals surface area contributed by atoms with Gasteiger partial charge in [-0.25, -0.2) is 0 Å². The molecule has 1 aromatic carbocycles. The van der Waals surface area contributed by atoms with E-state index >= 15 is 0 Å². The number of rotatable bonds is 2. The van der Waals surface area contributed by atoms with E-state index in [-0.39, 0.29) is 0 Å². The molecule has 1 aromatic rings. The lowest BCUT2D eigenvalue weighted by atomic mass is 10.2. The lowest BCUT2D eigenvalue weighted by molar-refractivity contribution is 0.422. The second-order valence-electron chi connectivity index (χ2n) is 3.38. The van der Waals surface area contributed by atoms with E-state index in [1.54, 1.807) is 11.8 Å². The Bertz CT molecular complexity index is 310. The molecule has 0 amide bonds. The highest BCUT2D eigenvalue weighted by atomic mass is 32.2. The summed E-state index contributed by atoms with van der Waals surface area (Å²) in [6, 6.07) is 10.5. The van der Waals surface area contributed by atoms with Crippen LogP contribution in [0.15, 0.2) is 30.3 Å². The van der Waals surface area contributed by atoms with Crippen molar-refractivity contribution in [3.05, 3.63) is 35.9 Å². The fraction of sp³-hybridized carbons (Fsp3) is 0.364. The predicted molar refractivity (Wildman–Crippen MR) is 66.5 cm³/mol. The van der Waals surface area contributed by atoms with Gasteiger partial charge >= 0.3 is 0 Å². The van der Waals surface area contributed by atoms with Crippen LogP contribution in [0.5, 0.6) is 0 Å². The maximum atomic E-state index is 5.32. The molecule has 0 radical (unpaired) electrons. The zero-order valence-corrected chi connectivity index (χ0v) is 9.61. The van der Waals surface area contributed by atoms with Crippen LogP contribution in [-0.2, 0) is 6.54 Å². The van der Waals surface area contributed by atoms with E-state index in [4.69, 9.17) is 12.2 Å². The maximum Gasteiger partial charge on any atom is 0.136 e. The quantitative estimate of drug-likeness (QED) is 0.710. The first kappa shape index (κ1) is 9.99. The van der Waals surface area contributed by atoms with Gasteiger partial charge in [0.1, 0.15) is 4.32 Å². The van der Waals surface area contributed by atoms with Gasteiger partial charge in [0.2, 0.25) is 0 Å². The molecule has 0 bridgehead atoms. The maximum absolute atomic E-state index is 5.32. The van der Waals surface area contributed by atoms with Gasteiger partial charge < -0.3 is 4.90 Å². The van der Waals surface area contributed by atoms with Crippen molar-refractivity contribution in [1.82, 2.24) is 4.90 Å². The molecule has 74 valence electrons. The Balaban J connectivity index is 2.00. The summed E-state index contributed by atoms with van der Waals surface area (Å²) in [5, 5.41) is 0. The third kappa shape index (κ3) is 2.49. The Morgan fingerprint density at radius 2 is 2.07 bits per heavy atom. The summed E-state index contributed by atoms with van der Waals surface area (Å²) in [5.74, 6) is 1.18. The van der Waals surface area contributed by atoms with Gasteiger partial charge in [0.05, 0.1) is 0 Å². The van der Waals surface area contributed by atoms with Crippen LogP contribution in [0, 0.1) is 0 Å². The molecule has 0 aromatic heterocycles. The van der Waals surface area contributed by atoms with Crippen molar-refractivity contribution in [3.8, 4) is 0 Å². The minimum absolute atomic E-state index is 0.965. The van der Waals surface area contributed by atoms with E-state index in [1.807, 2.05) is 6.07 Å². The zero-order valence-electron chi connectivity index (χ0n) is 7.98. The third-order valence-electron chi connectivity index (χ3n) is 2.27. The normalized spacial score (nSPS) is 17.1. The fourth-order valence-electron chi connectivity index (χ4n) is 1.54. The Morgan fingerprint density at radius 1 is 1.29 bits per heavy atom. The summed E-state index contributed by atoms with van der Waals surface area (Å²) in [7, 11) is 0. The number of thioether (sulfide) groups is 1. The molecule has 0 N–H and O–H groups in total. The van der Waals surface area contributed by atoms with E-state index in [0.29, 0.717) is 0 Å². The monoisotopic (exact) mass is 223 g/mol. The van der Waals surface area contributed by atoms with Crippen molar-refractivity contribution < 1.29 is 0 Å². The van der Waals surface area contributed by atoms with E-state index in [0.717, 1.165) is 17.4 Å². The molecule has 1 aliphatic heterocycles. The van der Waals surface area contributed by atoms with Gasteiger partial charge in [-0.2, -0.15) is 0 Å². The molecule has 0 atom stereocenters. The van der Waals surface area contributed by atoms with E-state index < -0.39 is 0 Å². The fourth-order valence-corrected chi connectivity index (χ4v) is 2.74. The average molecular weight is 223 g/mol. The number of benzene rings is 1. The molecule has 2 rings (SSSR count). The second-order valence-corrected chi connectivity index (χ2v) is 5.10. The van der Waals surface area contributed by atoms with Crippen molar-refractivity contribution in [1.29, 1.82) is 0 Å². The molecule has 1 nitrogen and oxygen atoms in total. The highest BCUT2D eigenvalue weighted by Crippen LogP contribution is 2.19. The predicted octanol–water partition coefficient (Wildman–Crippen LogP) is 2.91. The summed E-state index contributed by atoms with van der Waals surface area (Å²) in [6.07, 6.45) is 1.25. The van der Waals surface area contributed by atoms with E-state index in [9.17, 15) is 0 Å². The van der Waals surface area contributed by atoms with Gasteiger partial charge in [0.25, 0.3) is 0 Å². The molecule has 0 saturated carbocycles. The standard InChI is InChI=1S/C11H13NS2/c13-11-12(7-4-8-14-11)9-10-5-2-1-3-6-10/h1-3,5-6H,4,7-9H2. The summed E-state index contributed by atoms with van der Waals surface area (Å²) in [4.78, 5) is 2.29. The highest BCUT2D eigenvalue weighted by molar-refractivity contribution is 8.22. The van der Waals surface area contributed by atoms with Crippen LogP contribution in [0.3, 0.4) is 0 Å². The smallest absolute Gasteiger partial charge is 0.136 e. The molecular weight excluding hydrogens is 210 g/mol. The summed E-state index contributed by atoms with van der Waals surface area (Å²) >= 11 is 7.12. The van der Waals surface area contributed by atoms with Gasteiger partial charge in [-0.15, -0.1) is 0 Å². The van der Waals surface area contributed by atoms with Crippen molar-refractivity contribution in [2.75, 3.05) is 12.3 Å². The lowest BCUT2D eigenvalue weighted by Crippen LogP contribution is -2.31. The molecule has 14 heavy (non-hydrogen) atoms. The largest absolute Gasteiger partial charge is 0.353 e. The van der Waals surface area contributed by atoms with Crippen molar-refractivity contribution >= 4 is 28.3 Å². The molecular formula is C11H13NS2. The Kier molecular flexibility index (Phi) is 3.43. The van der Waals surface area contributed by atoms with Gasteiger partial charge in [-0.3, -0.25) is 0 Å². The first-order valence-corrected chi connectivity index (χ1v) is 6.21. The average Bonchev–Trinajstić information content (AvgIpc) is 2.23. The van der Waals surface area contributed by atoms with Crippen LogP contribution < -0.4 is 0 Å². The van der Waals surface area contributed by atoms with E-state index in [2.05, 4.69) is 29.2 Å². The number of thiocarbonyl (C=S) groups is 1. The molecule has 3 heteroatoms. The molecule has 1 saturated heterocycles. The molecule has 1 aliphatic rings. The van der Waals surface area contributed by atoms with Crippen LogP contribution in [0.25, 0.3) is 0 Å². The SMILES string of the molecule is S=C1SCCCN1Cc1ccccc1. The molecule has 1 fully saturated rings. The van der Waals surface area contributed by atoms with Crippen LogP contribution in [0.2, 0.25) is 0 Å². The second kappa shape index (κ2) is 4.80. The third-order valence-corrected chi connectivity index (χ3v) is 3.88. The Hall–Kier alpha value is -0.540. The van der Waals surface area contributed by atoms with Crippen LogP contribution in [0.4, 0.5) is 0 Å². The Labute approximate surface area is 94.5 Å². The van der Waals surface area contributed by atoms with Gasteiger partial charge in [0, 0.05) is 18.8 Å². The Morgan fingerprint density at radius 3 is 2.79 bits per heavy atom. The lowest BCUT2D eigenvalue weighted by Gasteiger charge is -2.28. The first-order chi connectivity index (χ1) is 6.86. The van der Waals surface area contributed by atoms with Crippen molar-refractivity contribution in [2.45, 2.75) is 13.0 Å². The van der Waals surface area contributed by atoms with E-state index in [1.165, 1.54) is 17.7 Å². The summed E-state index contributed by atoms with van der Waals surface area (Å²) in [5.41, 5.74) is 1.34. The molecule has 1 heterocycles. The number of hydrogen-bond acceptors (Lipinski definition) is 2. The van der Waals surface area contributed by atoms with Crippen LogP contribution in [0.1, 0.15) is 12.0 Å². The van der Waals surface area contributed by atoms with Gasteiger partial charge in [0.15, 0.2) is 0 Å². The van der Waals surface area contributed by atoms with Gasteiger partial charge in [-0.1, -0.05) is 54.3 Å². The number of hydrogen-bond donors (Lipinski definition) is 0. The van der Waals surface area contributed by atoms with Crippen LogP contribution >= 0.6 is 24.0 Å².